The molecule has 0 radical (unpaired) electrons. The fourth-order valence-corrected chi connectivity index (χ4v) is 2.99. The first-order valence-electron chi connectivity index (χ1n) is 7.89. The summed E-state index contributed by atoms with van der Waals surface area (Å²) >= 11 is 0. The number of carbonyl (C=O) groups is 1. The summed E-state index contributed by atoms with van der Waals surface area (Å²) in [5.74, 6) is -0.111. The third-order valence-electron chi connectivity index (χ3n) is 4.24. The quantitative estimate of drug-likeness (QED) is 0.797. The van der Waals surface area contributed by atoms with Gasteiger partial charge in [-0.1, -0.05) is 12.2 Å². The molecule has 1 unspecified atom stereocenters. The van der Waals surface area contributed by atoms with E-state index in [1.54, 1.807) is 30.5 Å². The van der Waals surface area contributed by atoms with Gasteiger partial charge in [0.2, 0.25) is 0 Å². The number of carboxylic acids is 1. The Morgan fingerprint density at radius 3 is 2.68 bits per heavy atom. The number of nitrogens with zero attached hydrogens (tertiary/aromatic N) is 4. The second-order valence-electron chi connectivity index (χ2n) is 5.84. The van der Waals surface area contributed by atoms with Crippen molar-refractivity contribution in [2.24, 2.45) is 0 Å². The van der Waals surface area contributed by atoms with Crippen molar-refractivity contribution in [3.05, 3.63) is 78.4 Å². The molecule has 0 aliphatic carbocycles. The van der Waals surface area contributed by atoms with Crippen LogP contribution >= 0.6 is 0 Å². The molecule has 0 saturated heterocycles. The van der Waals surface area contributed by atoms with Gasteiger partial charge in [0.1, 0.15) is 17.4 Å². The van der Waals surface area contributed by atoms with E-state index in [-0.39, 0.29) is 11.6 Å². The molecular formula is C19H16N4O2. The van der Waals surface area contributed by atoms with E-state index in [9.17, 15) is 4.79 Å². The summed E-state index contributed by atoms with van der Waals surface area (Å²) in [6.45, 7) is 0. The Hall–Kier alpha value is -3.41. The zero-order valence-electron chi connectivity index (χ0n) is 13.6. The number of pyridine rings is 1. The van der Waals surface area contributed by atoms with E-state index in [0.29, 0.717) is 0 Å². The first-order chi connectivity index (χ1) is 12.1. The Morgan fingerprint density at radius 2 is 1.96 bits per heavy atom. The van der Waals surface area contributed by atoms with Crippen molar-refractivity contribution in [1.29, 1.82) is 0 Å². The monoisotopic (exact) mass is 332 g/mol. The van der Waals surface area contributed by atoms with E-state index in [1.165, 1.54) is 0 Å². The largest absolute Gasteiger partial charge is 0.478 e. The van der Waals surface area contributed by atoms with Crippen LogP contribution in [0.2, 0.25) is 0 Å². The topological polar surface area (TPSA) is 71.2 Å². The summed E-state index contributed by atoms with van der Waals surface area (Å²) in [5.41, 5.74) is 2.63. The SMILES string of the molecule is CN1C=CC=CC1c1nc2cccnc2n1-c1ccc(C(=O)O)cc1. The molecule has 25 heavy (non-hydrogen) atoms. The average molecular weight is 332 g/mol. The van der Waals surface area contributed by atoms with Gasteiger partial charge < -0.3 is 10.0 Å². The van der Waals surface area contributed by atoms with Crippen LogP contribution in [0.5, 0.6) is 0 Å². The molecule has 1 aliphatic rings. The van der Waals surface area contributed by atoms with Crippen LogP contribution < -0.4 is 0 Å². The third-order valence-corrected chi connectivity index (χ3v) is 4.24. The summed E-state index contributed by atoms with van der Waals surface area (Å²) < 4.78 is 1.98. The first-order valence-corrected chi connectivity index (χ1v) is 7.89. The summed E-state index contributed by atoms with van der Waals surface area (Å²) in [5, 5.41) is 9.12. The zero-order chi connectivity index (χ0) is 17.4. The second-order valence-corrected chi connectivity index (χ2v) is 5.84. The molecule has 0 bridgehead atoms. The zero-order valence-corrected chi connectivity index (χ0v) is 13.6. The lowest BCUT2D eigenvalue weighted by molar-refractivity contribution is 0.0697. The minimum Gasteiger partial charge on any atom is -0.478 e. The molecular weight excluding hydrogens is 316 g/mol. The van der Waals surface area contributed by atoms with E-state index in [2.05, 4.69) is 16.0 Å². The lowest BCUT2D eigenvalue weighted by Crippen LogP contribution is -2.22. The van der Waals surface area contributed by atoms with Crippen LogP contribution in [-0.2, 0) is 0 Å². The number of hydrogen-bond donors (Lipinski definition) is 1. The molecule has 0 saturated carbocycles. The van der Waals surface area contributed by atoms with Crippen molar-refractivity contribution in [1.82, 2.24) is 19.4 Å². The third kappa shape index (κ3) is 2.57. The molecule has 0 fully saturated rings. The van der Waals surface area contributed by atoms with Gasteiger partial charge in [0, 0.05) is 18.9 Å². The molecule has 3 aromatic rings. The summed E-state index contributed by atoms with van der Waals surface area (Å²) in [6.07, 6.45) is 9.77. The van der Waals surface area contributed by atoms with Crippen LogP contribution in [0.25, 0.3) is 16.9 Å². The molecule has 3 heterocycles. The molecule has 2 aromatic heterocycles. The Labute approximate surface area is 144 Å². The van der Waals surface area contributed by atoms with Crippen molar-refractivity contribution >= 4 is 17.1 Å². The Kier molecular flexibility index (Phi) is 3.57. The maximum atomic E-state index is 11.1. The minimum absolute atomic E-state index is 0.0293. The van der Waals surface area contributed by atoms with Gasteiger partial charge in [0.25, 0.3) is 0 Å². The number of aromatic nitrogens is 3. The van der Waals surface area contributed by atoms with E-state index >= 15 is 0 Å². The van der Waals surface area contributed by atoms with Crippen molar-refractivity contribution in [2.75, 3.05) is 7.05 Å². The van der Waals surface area contributed by atoms with Gasteiger partial charge in [-0.2, -0.15) is 0 Å². The Balaban J connectivity index is 1.92. The predicted molar refractivity (Wildman–Crippen MR) is 94.6 cm³/mol. The molecule has 1 atom stereocenters. The van der Waals surface area contributed by atoms with Gasteiger partial charge in [-0.25, -0.2) is 14.8 Å². The van der Waals surface area contributed by atoms with E-state index in [4.69, 9.17) is 10.1 Å². The number of benzene rings is 1. The van der Waals surface area contributed by atoms with Crippen LogP contribution in [0.15, 0.2) is 67.0 Å². The van der Waals surface area contributed by atoms with Crippen LogP contribution in [-0.4, -0.2) is 37.6 Å². The number of aromatic carboxylic acids is 1. The number of carboxylic acid groups (broad SMARTS) is 1. The van der Waals surface area contributed by atoms with Gasteiger partial charge in [-0.3, -0.25) is 4.57 Å². The highest BCUT2D eigenvalue weighted by atomic mass is 16.4. The minimum atomic E-state index is -0.944. The lowest BCUT2D eigenvalue weighted by Gasteiger charge is -2.26. The molecule has 0 amide bonds. The fraction of sp³-hybridized carbons (Fsp3) is 0.105. The summed E-state index contributed by atoms with van der Waals surface area (Å²) in [4.78, 5) is 22.4. The highest BCUT2D eigenvalue weighted by molar-refractivity contribution is 5.88. The first kappa shape index (κ1) is 15.1. The van der Waals surface area contributed by atoms with Gasteiger partial charge in [0.15, 0.2) is 5.65 Å². The van der Waals surface area contributed by atoms with Crippen LogP contribution in [0.3, 0.4) is 0 Å². The summed E-state index contributed by atoms with van der Waals surface area (Å²) in [6, 6.07) is 10.5. The van der Waals surface area contributed by atoms with Crippen LogP contribution in [0, 0.1) is 0 Å². The van der Waals surface area contributed by atoms with Crippen molar-refractivity contribution in [2.45, 2.75) is 6.04 Å². The number of hydrogen-bond acceptors (Lipinski definition) is 4. The summed E-state index contributed by atoms with van der Waals surface area (Å²) in [7, 11) is 2.00. The number of allylic oxidation sites excluding steroid dienone is 2. The molecule has 1 aliphatic heterocycles. The van der Waals surface area contributed by atoms with Crippen molar-refractivity contribution in [3.8, 4) is 5.69 Å². The van der Waals surface area contributed by atoms with Gasteiger partial charge >= 0.3 is 5.97 Å². The molecule has 124 valence electrons. The van der Waals surface area contributed by atoms with E-state index < -0.39 is 5.97 Å². The predicted octanol–water partition coefficient (Wildman–Crippen LogP) is 3.18. The fourth-order valence-electron chi connectivity index (χ4n) is 2.99. The standard InChI is InChI=1S/C19H16N4O2/c1-22-12-3-2-6-16(22)18-21-15-5-4-11-20-17(15)23(18)14-9-7-13(8-10-14)19(24)25/h2-12,16H,1H3,(H,24,25). The molecule has 6 heteroatoms. The number of imidazole rings is 1. The molecule has 6 nitrogen and oxygen atoms in total. The number of likely N-dealkylation sites (N-methyl/N-ethyl adjacent to an activating group) is 1. The maximum Gasteiger partial charge on any atom is 0.335 e. The highest BCUT2D eigenvalue weighted by Gasteiger charge is 2.23. The lowest BCUT2D eigenvalue weighted by atomic mass is 10.1. The van der Waals surface area contributed by atoms with Crippen molar-refractivity contribution < 1.29 is 9.90 Å². The normalized spacial score (nSPS) is 16.5. The van der Waals surface area contributed by atoms with Gasteiger partial charge in [-0.15, -0.1) is 0 Å². The van der Waals surface area contributed by atoms with Gasteiger partial charge in [0.05, 0.1) is 5.56 Å². The molecule has 1 aromatic carbocycles. The Morgan fingerprint density at radius 1 is 1.16 bits per heavy atom. The van der Waals surface area contributed by atoms with Crippen molar-refractivity contribution in [3.63, 3.8) is 0 Å². The molecule has 4 rings (SSSR count). The second kappa shape index (κ2) is 5.90. The maximum absolute atomic E-state index is 11.1. The van der Waals surface area contributed by atoms with Crippen LogP contribution in [0.1, 0.15) is 22.2 Å². The average Bonchev–Trinajstić information content (AvgIpc) is 3.01. The molecule has 0 spiro atoms. The van der Waals surface area contributed by atoms with Gasteiger partial charge in [-0.05, 0) is 48.7 Å². The van der Waals surface area contributed by atoms with E-state index in [0.717, 1.165) is 22.7 Å². The number of fused-ring (bicyclic) bond motifs is 1. The number of rotatable bonds is 3. The van der Waals surface area contributed by atoms with Crippen LogP contribution in [0.4, 0.5) is 0 Å². The smallest absolute Gasteiger partial charge is 0.335 e. The highest BCUT2D eigenvalue weighted by Crippen LogP contribution is 2.29. The van der Waals surface area contributed by atoms with E-state index in [1.807, 2.05) is 42.1 Å². The Bertz CT molecular complexity index is 1000. The molecule has 1 N–H and O–H groups in total.